The number of nitro groups is 1. The Labute approximate surface area is 122 Å². The Bertz CT molecular complexity index is 643. The van der Waals surface area contributed by atoms with Crippen LogP contribution in [-0.2, 0) is 17.9 Å². The highest BCUT2D eigenvalue weighted by atomic mass is 16.6. The summed E-state index contributed by atoms with van der Waals surface area (Å²) in [6, 6.07) is 11.7. The van der Waals surface area contributed by atoms with Crippen LogP contribution in [0.4, 0.5) is 11.4 Å². The van der Waals surface area contributed by atoms with Crippen molar-refractivity contribution in [3.8, 4) is 5.75 Å². The van der Waals surface area contributed by atoms with Gasteiger partial charge in [0.15, 0.2) is 0 Å². The second-order valence-corrected chi connectivity index (χ2v) is 4.51. The SMILES string of the molecule is COCc1ccccc1CNc1ccc(O)cc1[N+](=O)[O-]. The number of nitrogens with zero attached hydrogens (tertiary/aromatic N) is 1. The van der Waals surface area contributed by atoms with E-state index in [9.17, 15) is 15.2 Å². The molecule has 0 spiro atoms. The van der Waals surface area contributed by atoms with Crippen molar-refractivity contribution in [2.24, 2.45) is 0 Å². The lowest BCUT2D eigenvalue weighted by Crippen LogP contribution is -2.05. The molecule has 2 N–H and O–H groups in total. The Kier molecular flexibility index (Phi) is 4.73. The smallest absolute Gasteiger partial charge is 0.296 e. The van der Waals surface area contributed by atoms with Crippen molar-refractivity contribution < 1.29 is 14.8 Å². The van der Waals surface area contributed by atoms with Gasteiger partial charge >= 0.3 is 0 Å². The van der Waals surface area contributed by atoms with E-state index in [2.05, 4.69) is 5.32 Å². The molecule has 0 bridgehead atoms. The number of hydrogen-bond donors (Lipinski definition) is 2. The predicted octanol–water partition coefficient (Wildman–Crippen LogP) is 3.06. The van der Waals surface area contributed by atoms with E-state index in [4.69, 9.17) is 4.74 Å². The van der Waals surface area contributed by atoms with Crippen LogP contribution in [0.2, 0.25) is 0 Å². The van der Waals surface area contributed by atoms with Gasteiger partial charge in [0.05, 0.1) is 17.6 Å². The predicted molar refractivity (Wildman–Crippen MR) is 79.2 cm³/mol. The van der Waals surface area contributed by atoms with E-state index < -0.39 is 4.92 Å². The molecule has 0 aliphatic rings. The van der Waals surface area contributed by atoms with Gasteiger partial charge in [0.2, 0.25) is 0 Å². The molecule has 2 aromatic carbocycles. The third-order valence-electron chi connectivity index (χ3n) is 3.07. The number of phenols is 1. The molecule has 2 rings (SSSR count). The van der Waals surface area contributed by atoms with Gasteiger partial charge in [-0.2, -0.15) is 0 Å². The van der Waals surface area contributed by atoms with Crippen molar-refractivity contribution in [1.82, 2.24) is 0 Å². The molecule has 0 unspecified atom stereocenters. The number of rotatable bonds is 6. The molecule has 0 saturated carbocycles. The summed E-state index contributed by atoms with van der Waals surface area (Å²) in [6.07, 6.45) is 0. The largest absolute Gasteiger partial charge is 0.508 e. The first-order valence-corrected chi connectivity index (χ1v) is 6.39. The van der Waals surface area contributed by atoms with Crippen LogP contribution >= 0.6 is 0 Å². The third kappa shape index (κ3) is 3.70. The number of ether oxygens (including phenoxy) is 1. The molecule has 0 aromatic heterocycles. The molecular weight excluding hydrogens is 272 g/mol. The summed E-state index contributed by atoms with van der Waals surface area (Å²) in [6.45, 7) is 0.917. The number of benzene rings is 2. The van der Waals surface area contributed by atoms with Crippen molar-refractivity contribution in [3.05, 3.63) is 63.7 Å². The number of anilines is 1. The van der Waals surface area contributed by atoms with Crippen molar-refractivity contribution in [2.75, 3.05) is 12.4 Å². The lowest BCUT2D eigenvalue weighted by molar-refractivity contribution is -0.384. The lowest BCUT2D eigenvalue weighted by atomic mass is 10.1. The average molecular weight is 288 g/mol. The Morgan fingerprint density at radius 3 is 2.62 bits per heavy atom. The summed E-state index contributed by atoms with van der Waals surface area (Å²) < 4.78 is 5.13. The van der Waals surface area contributed by atoms with Crippen LogP contribution in [0.5, 0.6) is 5.75 Å². The number of phenolic OH excluding ortho intramolecular Hbond substituents is 1. The molecule has 2 aromatic rings. The van der Waals surface area contributed by atoms with Crippen LogP contribution in [0.1, 0.15) is 11.1 Å². The standard InChI is InChI=1S/C15H16N2O4/c1-21-10-12-5-3-2-4-11(12)9-16-14-7-6-13(18)8-15(14)17(19)20/h2-8,16,18H,9-10H2,1H3. The third-order valence-corrected chi connectivity index (χ3v) is 3.07. The minimum atomic E-state index is -0.525. The first-order valence-electron chi connectivity index (χ1n) is 6.39. The zero-order valence-electron chi connectivity index (χ0n) is 11.6. The van der Waals surface area contributed by atoms with Crippen LogP contribution in [0.3, 0.4) is 0 Å². The quantitative estimate of drug-likeness (QED) is 0.485. The maximum Gasteiger partial charge on any atom is 0.296 e. The number of nitrogens with one attached hydrogen (secondary N) is 1. The first kappa shape index (κ1) is 14.8. The molecule has 0 atom stereocenters. The molecule has 0 fully saturated rings. The van der Waals surface area contributed by atoms with Gasteiger partial charge in [-0.25, -0.2) is 0 Å². The van der Waals surface area contributed by atoms with Crippen LogP contribution in [0, 0.1) is 10.1 Å². The minimum absolute atomic E-state index is 0.132. The summed E-state index contributed by atoms with van der Waals surface area (Å²) in [4.78, 5) is 10.5. The molecular formula is C15H16N2O4. The Balaban J connectivity index is 2.19. The minimum Gasteiger partial charge on any atom is -0.508 e. The normalized spacial score (nSPS) is 10.3. The fourth-order valence-corrected chi connectivity index (χ4v) is 2.04. The topological polar surface area (TPSA) is 84.6 Å². The van der Waals surface area contributed by atoms with E-state index in [0.29, 0.717) is 18.8 Å². The monoisotopic (exact) mass is 288 g/mol. The average Bonchev–Trinajstić information content (AvgIpc) is 2.47. The Morgan fingerprint density at radius 1 is 1.24 bits per heavy atom. The van der Waals surface area contributed by atoms with Crippen molar-refractivity contribution in [3.63, 3.8) is 0 Å². The van der Waals surface area contributed by atoms with Crippen molar-refractivity contribution in [2.45, 2.75) is 13.2 Å². The molecule has 0 amide bonds. The van der Waals surface area contributed by atoms with E-state index in [1.54, 1.807) is 7.11 Å². The van der Waals surface area contributed by atoms with E-state index in [1.165, 1.54) is 12.1 Å². The lowest BCUT2D eigenvalue weighted by Gasteiger charge is -2.11. The molecule has 6 heteroatoms. The molecule has 0 radical (unpaired) electrons. The van der Waals surface area contributed by atoms with Crippen LogP contribution in [-0.4, -0.2) is 17.1 Å². The second-order valence-electron chi connectivity index (χ2n) is 4.51. The van der Waals surface area contributed by atoms with Crippen molar-refractivity contribution in [1.29, 1.82) is 0 Å². The summed E-state index contributed by atoms with van der Waals surface area (Å²) in [7, 11) is 1.62. The summed E-state index contributed by atoms with van der Waals surface area (Å²) in [5.74, 6) is -0.132. The van der Waals surface area contributed by atoms with Gasteiger partial charge < -0.3 is 15.2 Å². The highest BCUT2D eigenvalue weighted by Crippen LogP contribution is 2.28. The summed E-state index contributed by atoms with van der Waals surface area (Å²) >= 11 is 0. The van der Waals surface area contributed by atoms with Gasteiger partial charge in [-0.05, 0) is 23.3 Å². The van der Waals surface area contributed by atoms with Gasteiger partial charge in [-0.3, -0.25) is 10.1 Å². The zero-order valence-corrected chi connectivity index (χ0v) is 11.6. The second kappa shape index (κ2) is 6.71. The molecule has 21 heavy (non-hydrogen) atoms. The number of nitro benzene ring substituents is 1. The molecule has 6 nitrogen and oxygen atoms in total. The van der Waals surface area contributed by atoms with Gasteiger partial charge in [0.1, 0.15) is 11.4 Å². The van der Waals surface area contributed by atoms with Crippen molar-refractivity contribution >= 4 is 11.4 Å². The molecule has 0 saturated heterocycles. The summed E-state index contributed by atoms with van der Waals surface area (Å²) in [5.41, 5.74) is 2.24. The zero-order chi connectivity index (χ0) is 15.2. The van der Waals surface area contributed by atoms with E-state index in [-0.39, 0.29) is 11.4 Å². The molecule has 0 aliphatic heterocycles. The van der Waals surface area contributed by atoms with Crippen LogP contribution in [0.25, 0.3) is 0 Å². The van der Waals surface area contributed by atoms with Gasteiger partial charge in [-0.15, -0.1) is 0 Å². The van der Waals surface area contributed by atoms with Gasteiger partial charge in [0, 0.05) is 13.7 Å². The first-order chi connectivity index (χ1) is 10.1. The van der Waals surface area contributed by atoms with E-state index in [0.717, 1.165) is 17.2 Å². The molecule has 0 aliphatic carbocycles. The molecule has 110 valence electrons. The summed E-state index contributed by atoms with van der Waals surface area (Å²) in [5, 5.41) is 23.4. The van der Waals surface area contributed by atoms with Gasteiger partial charge in [0.25, 0.3) is 5.69 Å². The maximum absolute atomic E-state index is 11.0. The number of aromatic hydroxyl groups is 1. The Hall–Kier alpha value is -2.60. The van der Waals surface area contributed by atoms with Crippen LogP contribution < -0.4 is 5.32 Å². The van der Waals surface area contributed by atoms with E-state index in [1.807, 2.05) is 24.3 Å². The van der Waals surface area contributed by atoms with E-state index >= 15 is 0 Å². The highest BCUT2D eigenvalue weighted by molar-refractivity contribution is 5.63. The fraction of sp³-hybridized carbons (Fsp3) is 0.200. The number of hydrogen-bond acceptors (Lipinski definition) is 5. The molecule has 0 heterocycles. The highest BCUT2D eigenvalue weighted by Gasteiger charge is 2.14. The number of methoxy groups -OCH3 is 1. The Morgan fingerprint density at radius 2 is 1.95 bits per heavy atom. The maximum atomic E-state index is 11.0. The van der Waals surface area contributed by atoms with Gasteiger partial charge in [-0.1, -0.05) is 24.3 Å². The van der Waals surface area contributed by atoms with Crippen LogP contribution in [0.15, 0.2) is 42.5 Å². The fourth-order valence-electron chi connectivity index (χ4n) is 2.04.